The van der Waals surface area contributed by atoms with Gasteiger partial charge in [0.15, 0.2) is 0 Å². The number of hydrogen-bond acceptors (Lipinski definition) is 3. The summed E-state index contributed by atoms with van der Waals surface area (Å²) in [6, 6.07) is 2.71. The van der Waals surface area contributed by atoms with Gasteiger partial charge in [0.1, 0.15) is 0 Å². The van der Waals surface area contributed by atoms with Crippen LogP contribution in [0.15, 0.2) is 12.3 Å². The lowest BCUT2D eigenvalue weighted by Crippen LogP contribution is -2.32. The van der Waals surface area contributed by atoms with Gasteiger partial charge in [0.25, 0.3) is 0 Å². The van der Waals surface area contributed by atoms with Gasteiger partial charge in [0.05, 0.1) is 0 Å². The second kappa shape index (κ2) is 8.27. The molecule has 4 heteroatoms. The first-order chi connectivity index (χ1) is 8.71. The minimum absolute atomic E-state index is 0.598. The fourth-order valence-electron chi connectivity index (χ4n) is 2.28. The molecule has 1 atom stereocenters. The predicted molar refractivity (Wildman–Crippen MR) is 76.8 cm³/mol. The number of nitrogens with zero attached hydrogens (tertiary/aromatic N) is 3. The summed E-state index contributed by atoms with van der Waals surface area (Å²) in [6.45, 7) is 7.94. The van der Waals surface area contributed by atoms with Crippen molar-refractivity contribution in [2.75, 3.05) is 26.7 Å². The van der Waals surface area contributed by atoms with Crippen LogP contribution < -0.4 is 5.32 Å². The average molecular weight is 252 g/mol. The molecule has 0 bridgehead atoms. The summed E-state index contributed by atoms with van der Waals surface area (Å²) >= 11 is 0. The van der Waals surface area contributed by atoms with E-state index >= 15 is 0 Å². The molecular formula is C14H28N4. The Balaban J connectivity index is 2.31. The molecule has 0 spiro atoms. The summed E-state index contributed by atoms with van der Waals surface area (Å²) in [5.41, 5.74) is 1.32. The van der Waals surface area contributed by atoms with Crippen LogP contribution in [0.2, 0.25) is 0 Å². The highest BCUT2D eigenvalue weighted by atomic mass is 15.2. The summed E-state index contributed by atoms with van der Waals surface area (Å²) in [7, 11) is 4.08. The minimum atomic E-state index is 0.598. The third kappa shape index (κ3) is 4.78. The first-order valence-corrected chi connectivity index (χ1v) is 7.07. The molecule has 1 rings (SSSR count). The van der Waals surface area contributed by atoms with Crippen molar-refractivity contribution in [3.8, 4) is 0 Å². The number of hydrogen-bond donors (Lipinski definition) is 1. The third-order valence-electron chi connectivity index (χ3n) is 3.77. The standard InChI is InChI=1S/C14H28N4/c1-5-18(6-2)12-10-13(15-3)7-8-14-9-11-16-17(14)4/h9,11,13,15H,5-8,10,12H2,1-4H3. The van der Waals surface area contributed by atoms with Crippen molar-refractivity contribution in [2.24, 2.45) is 7.05 Å². The van der Waals surface area contributed by atoms with Crippen LogP contribution in [0.5, 0.6) is 0 Å². The van der Waals surface area contributed by atoms with E-state index in [-0.39, 0.29) is 0 Å². The molecule has 104 valence electrons. The van der Waals surface area contributed by atoms with Crippen molar-refractivity contribution in [1.29, 1.82) is 0 Å². The zero-order chi connectivity index (χ0) is 13.4. The maximum Gasteiger partial charge on any atom is 0.0492 e. The van der Waals surface area contributed by atoms with E-state index in [4.69, 9.17) is 0 Å². The molecule has 0 aliphatic carbocycles. The van der Waals surface area contributed by atoms with Crippen LogP contribution in [0.3, 0.4) is 0 Å². The molecule has 0 aliphatic heterocycles. The largest absolute Gasteiger partial charge is 0.317 e. The van der Waals surface area contributed by atoms with Gasteiger partial charge in [-0.1, -0.05) is 13.8 Å². The number of rotatable bonds is 9. The SMILES string of the molecule is CCN(CC)CCC(CCc1ccnn1C)NC. The lowest BCUT2D eigenvalue weighted by Gasteiger charge is -2.22. The molecular weight excluding hydrogens is 224 g/mol. The Morgan fingerprint density at radius 3 is 2.56 bits per heavy atom. The van der Waals surface area contributed by atoms with Crippen LogP contribution in [-0.2, 0) is 13.5 Å². The van der Waals surface area contributed by atoms with Crippen molar-refractivity contribution in [3.63, 3.8) is 0 Å². The molecule has 0 saturated carbocycles. The molecule has 1 aromatic rings. The summed E-state index contributed by atoms with van der Waals surface area (Å²) in [5.74, 6) is 0. The molecule has 1 N–H and O–H groups in total. The van der Waals surface area contributed by atoms with Crippen molar-refractivity contribution in [3.05, 3.63) is 18.0 Å². The maximum absolute atomic E-state index is 4.21. The van der Waals surface area contributed by atoms with Gasteiger partial charge in [-0.05, 0) is 52.0 Å². The monoisotopic (exact) mass is 252 g/mol. The zero-order valence-corrected chi connectivity index (χ0v) is 12.3. The van der Waals surface area contributed by atoms with E-state index in [1.54, 1.807) is 0 Å². The van der Waals surface area contributed by atoms with E-state index in [1.807, 2.05) is 17.9 Å². The zero-order valence-electron chi connectivity index (χ0n) is 12.3. The highest BCUT2D eigenvalue weighted by Crippen LogP contribution is 2.07. The van der Waals surface area contributed by atoms with Crippen LogP contribution in [0.1, 0.15) is 32.4 Å². The summed E-state index contributed by atoms with van der Waals surface area (Å²) in [5, 5.41) is 7.64. The van der Waals surface area contributed by atoms with E-state index in [2.05, 4.69) is 42.3 Å². The van der Waals surface area contributed by atoms with E-state index in [0.717, 1.165) is 19.5 Å². The topological polar surface area (TPSA) is 33.1 Å². The normalized spacial score (nSPS) is 13.2. The molecule has 0 aromatic carbocycles. The fourth-order valence-corrected chi connectivity index (χ4v) is 2.28. The van der Waals surface area contributed by atoms with Gasteiger partial charge in [-0.2, -0.15) is 5.10 Å². The molecule has 1 unspecified atom stereocenters. The van der Waals surface area contributed by atoms with E-state index in [0.29, 0.717) is 6.04 Å². The lowest BCUT2D eigenvalue weighted by atomic mass is 10.1. The second-order valence-electron chi connectivity index (χ2n) is 4.79. The Labute approximate surface area is 111 Å². The molecule has 18 heavy (non-hydrogen) atoms. The van der Waals surface area contributed by atoms with E-state index < -0.39 is 0 Å². The molecule has 0 amide bonds. The molecule has 0 aliphatic rings. The van der Waals surface area contributed by atoms with Gasteiger partial charge >= 0.3 is 0 Å². The first-order valence-electron chi connectivity index (χ1n) is 7.07. The van der Waals surface area contributed by atoms with Gasteiger partial charge in [-0.25, -0.2) is 0 Å². The summed E-state index contributed by atoms with van der Waals surface area (Å²) < 4.78 is 1.97. The van der Waals surface area contributed by atoms with Crippen LogP contribution in [0.25, 0.3) is 0 Å². The molecule has 1 aromatic heterocycles. The lowest BCUT2D eigenvalue weighted by molar-refractivity contribution is 0.280. The van der Waals surface area contributed by atoms with Crippen LogP contribution in [0.4, 0.5) is 0 Å². The maximum atomic E-state index is 4.21. The smallest absolute Gasteiger partial charge is 0.0492 e. The van der Waals surface area contributed by atoms with E-state index in [9.17, 15) is 0 Å². The highest BCUT2D eigenvalue weighted by molar-refractivity contribution is 5.00. The van der Waals surface area contributed by atoms with Crippen LogP contribution in [-0.4, -0.2) is 47.4 Å². The van der Waals surface area contributed by atoms with Gasteiger partial charge in [-0.15, -0.1) is 0 Å². The van der Waals surface area contributed by atoms with E-state index in [1.165, 1.54) is 25.1 Å². The van der Waals surface area contributed by atoms with Gasteiger partial charge < -0.3 is 10.2 Å². The number of nitrogens with one attached hydrogen (secondary N) is 1. The van der Waals surface area contributed by atoms with Crippen LogP contribution in [0, 0.1) is 0 Å². The Morgan fingerprint density at radius 1 is 1.33 bits per heavy atom. The summed E-state index contributed by atoms with van der Waals surface area (Å²) in [4.78, 5) is 2.48. The van der Waals surface area contributed by atoms with Crippen molar-refractivity contribution in [2.45, 2.75) is 39.2 Å². The second-order valence-corrected chi connectivity index (χ2v) is 4.79. The molecule has 0 saturated heterocycles. The van der Waals surface area contributed by atoms with Crippen molar-refractivity contribution < 1.29 is 0 Å². The summed E-state index contributed by atoms with van der Waals surface area (Å²) in [6.07, 6.45) is 5.37. The third-order valence-corrected chi connectivity index (χ3v) is 3.77. The molecule has 0 fully saturated rings. The van der Waals surface area contributed by atoms with Gasteiger partial charge in [0.2, 0.25) is 0 Å². The Morgan fingerprint density at radius 2 is 2.06 bits per heavy atom. The van der Waals surface area contributed by atoms with Crippen molar-refractivity contribution in [1.82, 2.24) is 20.0 Å². The Hall–Kier alpha value is -0.870. The molecule has 1 heterocycles. The van der Waals surface area contributed by atoms with Gasteiger partial charge in [-0.3, -0.25) is 4.68 Å². The predicted octanol–water partition coefficient (Wildman–Crippen LogP) is 1.67. The number of aromatic nitrogens is 2. The Bertz CT molecular complexity index is 317. The fraction of sp³-hybridized carbons (Fsp3) is 0.786. The van der Waals surface area contributed by atoms with Crippen molar-refractivity contribution >= 4 is 0 Å². The molecule has 4 nitrogen and oxygen atoms in total. The van der Waals surface area contributed by atoms with Crippen LogP contribution >= 0.6 is 0 Å². The highest BCUT2D eigenvalue weighted by Gasteiger charge is 2.09. The first kappa shape index (κ1) is 15.2. The average Bonchev–Trinajstić information content (AvgIpc) is 2.80. The van der Waals surface area contributed by atoms with Gasteiger partial charge in [0, 0.05) is 25.0 Å². The molecule has 0 radical (unpaired) electrons. The quantitative estimate of drug-likeness (QED) is 0.726. The Kier molecular flexibility index (Phi) is 6.98. The number of aryl methyl sites for hydroxylation is 2. The minimum Gasteiger partial charge on any atom is -0.317 e.